The van der Waals surface area contributed by atoms with Crippen LogP contribution in [0.1, 0.15) is 32.0 Å². The lowest BCUT2D eigenvalue weighted by Crippen LogP contribution is -2.35. The minimum Gasteiger partial charge on any atom is -0.423 e. The quantitative estimate of drug-likeness (QED) is 0.912. The predicted octanol–water partition coefficient (Wildman–Crippen LogP) is 3.62. The van der Waals surface area contributed by atoms with Gasteiger partial charge in [0.1, 0.15) is 0 Å². The van der Waals surface area contributed by atoms with Crippen molar-refractivity contribution in [1.29, 1.82) is 0 Å². The molecule has 0 saturated carbocycles. The van der Waals surface area contributed by atoms with E-state index in [-0.39, 0.29) is 5.54 Å². The number of halogens is 1. The summed E-state index contributed by atoms with van der Waals surface area (Å²) in [6.07, 6.45) is 5.11. The zero-order chi connectivity index (χ0) is 15.5. The van der Waals surface area contributed by atoms with Crippen LogP contribution >= 0.6 is 15.9 Å². The van der Waals surface area contributed by atoms with E-state index in [2.05, 4.69) is 57.0 Å². The molecule has 6 heteroatoms. The second kappa shape index (κ2) is 6.49. The van der Waals surface area contributed by atoms with E-state index in [1.54, 1.807) is 18.6 Å². The summed E-state index contributed by atoms with van der Waals surface area (Å²) in [7, 11) is 0. The lowest BCUT2D eigenvalue weighted by Gasteiger charge is -2.20. The Morgan fingerprint density at radius 1 is 1.24 bits per heavy atom. The van der Waals surface area contributed by atoms with Crippen LogP contribution in [0.15, 0.2) is 29.1 Å². The average molecular weight is 351 g/mol. The Morgan fingerprint density at radius 3 is 2.62 bits per heavy atom. The van der Waals surface area contributed by atoms with E-state index in [4.69, 9.17) is 4.74 Å². The maximum atomic E-state index is 5.61. The summed E-state index contributed by atoms with van der Waals surface area (Å²) in [5.41, 5.74) is 2.02. The summed E-state index contributed by atoms with van der Waals surface area (Å²) in [5.74, 6) is 0.601. The van der Waals surface area contributed by atoms with Crippen molar-refractivity contribution in [3.05, 3.63) is 40.4 Å². The molecular weight excluding hydrogens is 332 g/mol. The number of pyridine rings is 1. The van der Waals surface area contributed by atoms with Crippen LogP contribution in [0.3, 0.4) is 0 Å². The van der Waals surface area contributed by atoms with Crippen molar-refractivity contribution in [1.82, 2.24) is 20.3 Å². The van der Waals surface area contributed by atoms with Gasteiger partial charge in [0, 0.05) is 40.2 Å². The summed E-state index contributed by atoms with van der Waals surface area (Å²) >= 11 is 3.35. The number of nitrogens with zero attached hydrogens (tertiary/aromatic N) is 3. The number of hydrogen-bond donors (Lipinski definition) is 1. The molecule has 0 aliphatic heterocycles. The van der Waals surface area contributed by atoms with Gasteiger partial charge in [-0.15, -0.1) is 0 Å². The van der Waals surface area contributed by atoms with Crippen LogP contribution in [0.25, 0.3) is 0 Å². The highest BCUT2D eigenvalue weighted by Crippen LogP contribution is 2.21. The molecule has 0 spiro atoms. The van der Waals surface area contributed by atoms with Crippen LogP contribution in [-0.4, -0.2) is 20.5 Å². The molecule has 0 fully saturated rings. The van der Waals surface area contributed by atoms with E-state index in [1.807, 2.05) is 13.0 Å². The summed E-state index contributed by atoms with van der Waals surface area (Å²) in [5, 5.41) is 3.42. The Kier molecular flexibility index (Phi) is 4.90. The molecule has 0 amide bonds. The Morgan fingerprint density at radius 2 is 2.00 bits per heavy atom. The van der Waals surface area contributed by atoms with Gasteiger partial charge in [0.2, 0.25) is 0 Å². The second-order valence-electron chi connectivity index (χ2n) is 5.81. The molecule has 5 nitrogen and oxygen atoms in total. The first kappa shape index (κ1) is 15.9. The molecular formula is C15H19BrN4O. The van der Waals surface area contributed by atoms with E-state index in [0.29, 0.717) is 11.8 Å². The van der Waals surface area contributed by atoms with E-state index in [0.717, 1.165) is 22.3 Å². The van der Waals surface area contributed by atoms with Gasteiger partial charge in [0.15, 0.2) is 5.75 Å². The maximum Gasteiger partial charge on any atom is 0.322 e. The van der Waals surface area contributed by atoms with Gasteiger partial charge in [-0.2, -0.15) is 4.98 Å². The minimum absolute atomic E-state index is 0.0591. The number of aryl methyl sites for hydroxylation is 1. The number of aromatic nitrogens is 3. The summed E-state index contributed by atoms with van der Waals surface area (Å²) in [6.45, 7) is 9.06. The van der Waals surface area contributed by atoms with Crippen molar-refractivity contribution in [2.75, 3.05) is 0 Å². The Balaban J connectivity index is 2.08. The van der Waals surface area contributed by atoms with E-state index >= 15 is 0 Å². The Labute approximate surface area is 133 Å². The number of nitrogens with one attached hydrogen (secondary N) is 1. The summed E-state index contributed by atoms with van der Waals surface area (Å²) in [4.78, 5) is 12.7. The van der Waals surface area contributed by atoms with E-state index in [9.17, 15) is 0 Å². The maximum absolute atomic E-state index is 5.61. The largest absolute Gasteiger partial charge is 0.423 e. The molecule has 112 valence electrons. The Hall–Kier alpha value is -1.53. The molecule has 0 bridgehead atoms. The first-order chi connectivity index (χ1) is 9.83. The lowest BCUT2D eigenvalue weighted by atomic mass is 10.1. The van der Waals surface area contributed by atoms with Gasteiger partial charge in [-0.1, -0.05) is 0 Å². The fourth-order valence-corrected chi connectivity index (χ4v) is 1.95. The SMILES string of the molecule is Cc1nc(Oc2cncc(Br)c2)ncc1CNC(C)(C)C. The van der Waals surface area contributed by atoms with Crippen LogP contribution in [0.4, 0.5) is 0 Å². The van der Waals surface area contributed by atoms with Crippen LogP contribution in [0.2, 0.25) is 0 Å². The molecule has 21 heavy (non-hydrogen) atoms. The van der Waals surface area contributed by atoms with Crippen molar-refractivity contribution >= 4 is 15.9 Å². The molecule has 0 aromatic carbocycles. The second-order valence-corrected chi connectivity index (χ2v) is 6.72. The van der Waals surface area contributed by atoms with Gasteiger partial charge in [-0.3, -0.25) is 4.98 Å². The third-order valence-electron chi connectivity index (χ3n) is 2.76. The van der Waals surface area contributed by atoms with Gasteiger partial charge in [0.25, 0.3) is 0 Å². The van der Waals surface area contributed by atoms with Crippen molar-refractivity contribution in [3.8, 4) is 11.8 Å². The molecule has 0 aliphatic rings. The highest BCUT2D eigenvalue weighted by atomic mass is 79.9. The van der Waals surface area contributed by atoms with Crippen LogP contribution < -0.4 is 10.1 Å². The first-order valence-electron chi connectivity index (χ1n) is 6.69. The zero-order valence-electron chi connectivity index (χ0n) is 12.6. The van der Waals surface area contributed by atoms with E-state index < -0.39 is 0 Å². The molecule has 0 unspecified atom stereocenters. The minimum atomic E-state index is 0.0591. The van der Waals surface area contributed by atoms with Crippen molar-refractivity contribution in [2.24, 2.45) is 0 Å². The molecule has 2 aromatic heterocycles. The Bertz CT molecular complexity index is 625. The van der Waals surface area contributed by atoms with Crippen LogP contribution in [-0.2, 0) is 6.54 Å². The fraction of sp³-hybridized carbons (Fsp3) is 0.400. The van der Waals surface area contributed by atoms with Gasteiger partial charge in [-0.25, -0.2) is 4.98 Å². The van der Waals surface area contributed by atoms with Crippen LogP contribution in [0.5, 0.6) is 11.8 Å². The van der Waals surface area contributed by atoms with Gasteiger partial charge in [0.05, 0.1) is 6.20 Å². The fourth-order valence-electron chi connectivity index (χ4n) is 1.61. The molecule has 2 heterocycles. The summed E-state index contributed by atoms with van der Waals surface area (Å²) in [6, 6.07) is 2.15. The van der Waals surface area contributed by atoms with Gasteiger partial charge < -0.3 is 10.1 Å². The monoisotopic (exact) mass is 350 g/mol. The summed E-state index contributed by atoms with van der Waals surface area (Å²) < 4.78 is 6.46. The molecule has 0 aliphatic carbocycles. The average Bonchev–Trinajstić information content (AvgIpc) is 2.36. The number of ether oxygens (including phenoxy) is 1. The predicted molar refractivity (Wildman–Crippen MR) is 85.4 cm³/mol. The molecule has 2 aromatic rings. The zero-order valence-corrected chi connectivity index (χ0v) is 14.2. The van der Waals surface area contributed by atoms with Crippen molar-refractivity contribution in [3.63, 3.8) is 0 Å². The van der Waals surface area contributed by atoms with E-state index in [1.165, 1.54) is 0 Å². The van der Waals surface area contributed by atoms with Gasteiger partial charge in [-0.05, 0) is 49.7 Å². The molecule has 0 saturated heterocycles. The third-order valence-corrected chi connectivity index (χ3v) is 3.19. The molecule has 0 atom stereocenters. The number of hydrogen-bond acceptors (Lipinski definition) is 5. The third kappa shape index (κ3) is 5.06. The molecule has 0 radical (unpaired) electrons. The highest BCUT2D eigenvalue weighted by molar-refractivity contribution is 9.10. The lowest BCUT2D eigenvalue weighted by molar-refractivity contribution is 0.418. The standard InChI is InChI=1S/C15H19BrN4O/c1-10-11(7-19-15(2,3)4)6-18-14(20-10)21-13-5-12(16)8-17-9-13/h5-6,8-9,19H,7H2,1-4H3. The van der Waals surface area contributed by atoms with Crippen LogP contribution in [0, 0.1) is 6.92 Å². The van der Waals surface area contributed by atoms with Gasteiger partial charge >= 0.3 is 6.01 Å². The van der Waals surface area contributed by atoms with Crippen molar-refractivity contribution in [2.45, 2.75) is 39.8 Å². The molecule has 2 rings (SSSR count). The topological polar surface area (TPSA) is 59.9 Å². The normalized spacial score (nSPS) is 11.5. The molecule has 1 N–H and O–H groups in total. The van der Waals surface area contributed by atoms with Crippen molar-refractivity contribution < 1.29 is 4.74 Å². The first-order valence-corrected chi connectivity index (χ1v) is 7.49. The smallest absolute Gasteiger partial charge is 0.322 e. The number of rotatable bonds is 4. The highest BCUT2D eigenvalue weighted by Gasteiger charge is 2.11.